The van der Waals surface area contributed by atoms with Gasteiger partial charge in [-0.3, -0.25) is 14.3 Å². The van der Waals surface area contributed by atoms with Gasteiger partial charge in [0.25, 0.3) is 15.9 Å². The van der Waals surface area contributed by atoms with Crippen LogP contribution in [0.2, 0.25) is 0 Å². The van der Waals surface area contributed by atoms with Crippen LogP contribution in [0, 0.1) is 6.92 Å². The third kappa shape index (κ3) is 5.63. The lowest BCUT2D eigenvalue weighted by molar-refractivity contribution is -0.119. The summed E-state index contributed by atoms with van der Waals surface area (Å²) in [4.78, 5) is 27.7. The molecule has 4 rings (SSSR count). The minimum absolute atomic E-state index is 0.0256. The molecule has 1 saturated heterocycles. The molecule has 2 N–H and O–H groups in total. The molecule has 35 heavy (non-hydrogen) atoms. The van der Waals surface area contributed by atoms with Gasteiger partial charge >= 0.3 is 0 Å². The van der Waals surface area contributed by atoms with E-state index in [1.54, 1.807) is 49.6 Å². The number of likely N-dealkylation sites (tertiary alicyclic amines) is 1. The maximum Gasteiger partial charge on any atom is 0.261 e. The van der Waals surface area contributed by atoms with Crippen molar-refractivity contribution in [3.8, 4) is 5.75 Å². The lowest BCUT2D eigenvalue weighted by Crippen LogP contribution is -2.43. The Kier molecular flexibility index (Phi) is 7.07. The number of hydrogen-bond donors (Lipinski definition) is 2. The molecule has 8 nitrogen and oxygen atoms in total. The molecule has 0 aromatic heterocycles. The Balaban J connectivity index is 1.49. The van der Waals surface area contributed by atoms with E-state index in [0.29, 0.717) is 36.5 Å². The van der Waals surface area contributed by atoms with Gasteiger partial charge in [-0.05, 0) is 74.4 Å². The molecule has 0 saturated carbocycles. The first-order valence-corrected chi connectivity index (χ1v) is 12.7. The van der Waals surface area contributed by atoms with E-state index in [-0.39, 0.29) is 22.3 Å². The Morgan fingerprint density at radius 1 is 0.971 bits per heavy atom. The average Bonchev–Trinajstić information content (AvgIpc) is 3.36. The van der Waals surface area contributed by atoms with Crippen LogP contribution in [0.4, 0.5) is 11.4 Å². The van der Waals surface area contributed by atoms with Crippen molar-refractivity contribution >= 4 is 33.2 Å². The molecule has 0 aliphatic carbocycles. The van der Waals surface area contributed by atoms with Crippen molar-refractivity contribution in [1.29, 1.82) is 0 Å². The van der Waals surface area contributed by atoms with Gasteiger partial charge in [-0.1, -0.05) is 23.8 Å². The lowest BCUT2D eigenvalue weighted by atomic mass is 10.1. The van der Waals surface area contributed by atoms with Gasteiger partial charge in [0.2, 0.25) is 5.91 Å². The molecule has 0 spiro atoms. The summed E-state index contributed by atoms with van der Waals surface area (Å²) in [5.74, 6) is 0.00275. The van der Waals surface area contributed by atoms with Crippen molar-refractivity contribution in [1.82, 2.24) is 4.90 Å². The van der Waals surface area contributed by atoms with Gasteiger partial charge in [-0.25, -0.2) is 8.42 Å². The highest BCUT2D eigenvalue weighted by atomic mass is 32.2. The number of carbonyl (C=O) groups excluding carboxylic acids is 2. The summed E-state index contributed by atoms with van der Waals surface area (Å²) in [7, 11) is -2.33. The summed E-state index contributed by atoms with van der Waals surface area (Å²) < 4.78 is 33.5. The molecule has 9 heteroatoms. The number of carbonyl (C=O) groups is 2. The summed E-state index contributed by atoms with van der Waals surface area (Å²) in [6, 6.07) is 19.1. The zero-order valence-electron chi connectivity index (χ0n) is 19.5. The van der Waals surface area contributed by atoms with E-state index >= 15 is 0 Å². The van der Waals surface area contributed by atoms with Crippen molar-refractivity contribution in [2.24, 2.45) is 0 Å². The van der Waals surface area contributed by atoms with Crippen LogP contribution in [-0.2, 0) is 14.8 Å². The normalized spacial score (nSPS) is 15.5. The van der Waals surface area contributed by atoms with E-state index in [2.05, 4.69) is 10.0 Å². The number of amides is 2. The summed E-state index contributed by atoms with van der Waals surface area (Å²) >= 11 is 0. The third-order valence-corrected chi connectivity index (χ3v) is 7.25. The SMILES string of the molecule is COc1ccc(NC(=O)C2CCCN2C(=O)c2cccc(S(=O)(=O)Nc3ccc(C)cc3)c2)cc1. The highest BCUT2D eigenvalue weighted by Gasteiger charge is 2.35. The van der Waals surface area contributed by atoms with Crippen molar-refractivity contribution < 1.29 is 22.7 Å². The molecule has 1 unspecified atom stereocenters. The van der Waals surface area contributed by atoms with E-state index in [4.69, 9.17) is 4.74 Å². The number of rotatable bonds is 7. The molecular weight excluding hydrogens is 466 g/mol. The van der Waals surface area contributed by atoms with Crippen LogP contribution in [0.5, 0.6) is 5.75 Å². The number of hydrogen-bond acceptors (Lipinski definition) is 5. The van der Waals surface area contributed by atoms with Crippen LogP contribution >= 0.6 is 0 Å². The van der Waals surface area contributed by atoms with E-state index < -0.39 is 16.1 Å². The van der Waals surface area contributed by atoms with Gasteiger partial charge in [0, 0.05) is 23.5 Å². The molecule has 3 aromatic carbocycles. The largest absolute Gasteiger partial charge is 0.497 e. The van der Waals surface area contributed by atoms with Crippen molar-refractivity contribution in [3.05, 3.63) is 83.9 Å². The number of ether oxygens (including phenoxy) is 1. The zero-order chi connectivity index (χ0) is 25.0. The highest BCUT2D eigenvalue weighted by molar-refractivity contribution is 7.92. The van der Waals surface area contributed by atoms with E-state index in [1.807, 2.05) is 19.1 Å². The summed E-state index contributed by atoms with van der Waals surface area (Å²) in [6.07, 6.45) is 1.21. The first-order valence-electron chi connectivity index (χ1n) is 11.2. The van der Waals surface area contributed by atoms with Crippen molar-refractivity contribution in [2.45, 2.75) is 30.7 Å². The molecule has 0 bridgehead atoms. The molecule has 1 heterocycles. The van der Waals surface area contributed by atoms with Gasteiger partial charge in [0.1, 0.15) is 11.8 Å². The number of methoxy groups -OCH3 is 1. The van der Waals surface area contributed by atoms with Gasteiger partial charge in [-0.15, -0.1) is 0 Å². The van der Waals surface area contributed by atoms with Crippen LogP contribution < -0.4 is 14.8 Å². The number of nitrogens with one attached hydrogen (secondary N) is 2. The molecule has 1 fully saturated rings. The Morgan fingerprint density at radius 2 is 1.66 bits per heavy atom. The van der Waals surface area contributed by atoms with Crippen molar-refractivity contribution in [3.63, 3.8) is 0 Å². The molecular formula is C26H27N3O5S. The second kappa shape index (κ2) is 10.2. The zero-order valence-corrected chi connectivity index (χ0v) is 20.3. The van der Waals surface area contributed by atoms with Gasteiger partial charge < -0.3 is 15.0 Å². The van der Waals surface area contributed by atoms with Crippen LogP contribution in [-0.4, -0.2) is 44.8 Å². The van der Waals surface area contributed by atoms with E-state index in [1.165, 1.54) is 23.1 Å². The van der Waals surface area contributed by atoms with Crippen LogP contribution in [0.1, 0.15) is 28.8 Å². The lowest BCUT2D eigenvalue weighted by Gasteiger charge is -2.24. The number of nitrogens with zero attached hydrogens (tertiary/aromatic N) is 1. The van der Waals surface area contributed by atoms with E-state index in [9.17, 15) is 18.0 Å². The monoisotopic (exact) mass is 493 g/mol. The molecule has 3 aromatic rings. The first-order chi connectivity index (χ1) is 16.8. The molecule has 1 aliphatic rings. The number of aryl methyl sites for hydroxylation is 1. The van der Waals surface area contributed by atoms with Gasteiger partial charge in [0.15, 0.2) is 0 Å². The molecule has 1 aliphatic heterocycles. The fraction of sp³-hybridized carbons (Fsp3) is 0.231. The predicted octanol–water partition coefficient (Wildman–Crippen LogP) is 4.05. The Hall–Kier alpha value is -3.85. The quantitative estimate of drug-likeness (QED) is 0.517. The topological polar surface area (TPSA) is 105 Å². The number of benzene rings is 3. The minimum atomic E-state index is -3.89. The van der Waals surface area contributed by atoms with Crippen LogP contribution in [0.3, 0.4) is 0 Å². The summed E-state index contributed by atoms with van der Waals surface area (Å²) in [5, 5.41) is 2.84. The molecule has 0 radical (unpaired) electrons. The predicted molar refractivity (Wildman–Crippen MR) is 134 cm³/mol. The second-order valence-corrected chi connectivity index (χ2v) is 10.1. The number of anilines is 2. The number of sulfonamides is 1. The van der Waals surface area contributed by atoms with E-state index in [0.717, 1.165) is 5.56 Å². The Bertz CT molecular complexity index is 1320. The fourth-order valence-electron chi connectivity index (χ4n) is 3.98. The first kappa shape index (κ1) is 24.3. The molecule has 1 atom stereocenters. The van der Waals surface area contributed by atoms with Gasteiger partial charge in [-0.2, -0.15) is 0 Å². The Morgan fingerprint density at radius 3 is 2.34 bits per heavy atom. The summed E-state index contributed by atoms with van der Waals surface area (Å²) in [5.41, 5.74) is 2.25. The maximum atomic E-state index is 13.3. The summed E-state index contributed by atoms with van der Waals surface area (Å²) in [6.45, 7) is 2.33. The Labute approximate surface area is 205 Å². The highest BCUT2D eigenvalue weighted by Crippen LogP contribution is 2.24. The molecule has 2 amide bonds. The van der Waals surface area contributed by atoms with Gasteiger partial charge in [0.05, 0.1) is 12.0 Å². The smallest absolute Gasteiger partial charge is 0.261 e. The minimum Gasteiger partial charge on any atom is -0.497 e. The standard InChI is InChI=1S/C26H27N3O5S/c1-18-8-10-21(11-9-18)28-35(32,33)23-6-3-5-19(17-23)26(31)29-16-4-7-24(29)25(30)27-20-12-14-22(34-2)15-13-20/h3,5-6,8-15,17,24,28H,4,7,16H2,1-2H3,(H,27,30). The third-order valence-electron chi connectivity index (χ3n) is 5.87. The van der Waals surface area contributed by atoms with Crippen LogP contribution in [0.25, 0.3) is 0 Å². The molecule has 182 valence electrons. The van der Waals surface area contributed by atoms with Crippen LogP contribution in [0.15, 0.2) is 77.7 Å². The second-order valence-electron chi connectivity index (χ2n) is 8.37. The average molecular weight is 494 g/mol. The fourth-order valence-corrected chi connectivity index (χ4v) is 5.08. The van der Waals surface area contributed by atoms with Crippen molar-refractivity contribution in [2.75, 3.05) is 23.7 Å². The maximum absolute atomic E-state index is 13.3.